The Morgan fingerprint density at radius 1 is 1.41 bits per heavy atom. The molecule has 0 amide bonds. The topological polar surface area (TPSA) is 75.1 Å². The van der Waals surface area contributed by atoms with Gasteiger partial charge in [0.2, 0.25) is 0 Å². The van der Waals surface area contributed by atoms with Crippen molar-refractivity contribution in [1.29, 1.82) is 0 Å². The maximum atomic E-state index is 11.6. The second kappa shape index (κ2) is 4.32. The minimum atomic E-state index is -0.161. The molecule has 0 bridgehead atoms. The maximum absolute atomic E-state index is 11.6. The molecule has 17 heavy (non-hydrogen) atoms. The number of nitrogen functional groups attached to an aromatic ring is 1. The summed E-state index contributed by atoms with van der Waals surface area (Å²) < 4.78 is 7.91. The van der Waals surface area contributed by atoms with E-state index in [9.17, 15) is 4.79 Å². The number of aromatic nitrogens is 3. The lowest BCUT2D eigenvalue weighted by atomic mass is 10.2. The Morgan fingerprint density at radius 3 is 2.76 bits per heavy atom. The fraction of sp³-hybridized carbons (Fsp3) is 0.273. The minimum absolute atomic E-state index is 0.161. The first-order chi connectivity index (χ1) is 8.10. The number of nitrogens with two attached hydrogens (primary N) is 1. The van der Waals surface area contributed by atoms with Gasteiger partial charge in [0.25, 0.3) is 0 Å². The molecule has 2 aromatic rings. The summed E-state index contributed by atoms with van der Waals surface area (Å²) in [6.45, 7) is 0.376. The predicted molar refractivity (Wildman–Crippen MR) is 64.0 cm³/mol. The van der Waals surface area contributed by atoms with E-state index < -0.39 is 0 Å². The molecule has 0 saturated heterocycles. The molecule has 1 aromatic heterocycles. The Hall–Kier alpha value is -2.24. The number of hydrogen-bond donors (Lipinski definition) is 1. The van der Waals surface area contributed by atoms with Gasteiger partial charge in [0.15, 0.2) is 0 Å². The van der Waals surface area contributed by atoms with Crippen molar-refractivity contribution < 1.29 is 4.74 Å². The van der Waals surface area contributed by atoms with Gasteiger partial charge in [-0.1, -0.05) is 0 Å². The highest BCUT2D eigenvalue weighted by Gasteiger charge is 2.04. The summed E-state index contributed by atoms with van der Waals surface area (Å²) in [7, 11) is 3.23. The Kier molecular flexibility index (Phi) is 2.86. The predicted octanol–water partition coefficient (Wildman–Crippen LogP) is 0.221. The molecule has 0 atom stereocenters. The second-order valence-electron chi connectivity index (χ2n) is 3.80. The summed E-state index contributed by atoms with van der Waals surface area (Å²) in [6, 6.07) is 5.35. The van der Waals surface area contributed by atoms with Gasteiger partial charge in [-0.05, 0) is 17.7 Å². The van der Waals surface area contributed by atoms with Crippen LogP contribution in [0.5, 0.6) is 5.75 Å². The van der Waals surface area contributed by atoms with E-state index in [1.807, 2.05) is 6.07 Å². The number of nitrogens with zero attached hydrogens (tertiary/aromatic N) is 3. The molecular formula is C11H14N4O2. The fourth-order valence-corrected chi connectivity index (χ4v) is 1.60. The summed E-state index contributed by atoms with van der Waals surface area (Å²) in [6.07, 6.45) is 1.48. The Labute approximate surface area is 98.2 Å². The molecule has 0 aliphatic heterocycles. The third-order valence-corrected chi connectivity index (χ3v) is 2.44. The monoisotopic (exact) mass is 234 g/mol. The number of ether oxygens (including phenoxy) is 1. The highest BCUT2D eigenvalue weighted by molar-refractivity contribution is 5.47. The molecule has 2 rings (SSSR count). The van der Waals surface area contributed by atoms with Crippen LogP contribution in [0, 0.1) is 0 Å². The molecule has 0 aliphatic carbocycles. The quantitative estimate of drug-likeness (QED) is 0.771. The van der Waals surface area contributed by atoms with E-state index in [1.165, 1.54) is 15.6 Å². The van der Waals surface area contributed by atoms with Crippen molar-refractivity contribution in [3.05, 3.63) is 40.6 Å². The second-order valence-corrected chi connectivity index (χ2v) is 3.80. The van der Waals surface area contributed by atoms with Crippen molar-refractivity contribution in [2.75, 3.05) is 12.8 Å². The van der Waals surface area contributed by atoms with Crippen LogP contribution in [0.2, 0.25) is 0 Å². The van der Waals surface area contributed by atoms with Crippen LogP contribution in [0.3, 0.4) is 0 Å². The molecule has 1 heterocycles. The molecule has 90 valence electrons. The lowest BCUT2D eigenvalue weighted by Crippen LogP contribution is -2.23. The van der Waals surface area contributed by atoms with Crippen molar-refractivity contribution in [3.63, 3.8) is 0 Å². The van der Waals surface area contributed by atoms with E-state index in [-0.39, 0.29) is 5.69 Å². The number of hydrogen-bond acceptors (Lipinski definition) is 4. The number of aryl methyl sites for hydroxylation is 1. The van der Waals surface area contributed by atoms with Crippen LogP contribution in [-0.2, 0) is 13.6 Å². The van der Waals surface area contributed by atoms with Crippen LogP contribution < -0.4 is 16.2 Å². The van der Waals surface area contributed by atoms with Gasteiger partial charge in [0.05, 0.1) is 13.7 Å². The minimum Gasteiger partial charge on any atom is -0.497 e. The number of rotatable bonds is 3. The molecule has 0 unspecified atom stereocenters. The lowest BCUT2D eigenvalue weighted by Gasteiger charge is -2.06. The standard InChI is InChI=1S/C11H14N4O2/c1-14-7-13-15(11(14)16)6-8-3-9(12)5-10(4-8)17-2/h3-5,7H,6,12H2,1-2H3. The first kappa shape index (κ1) is 11.3. The van der Waals surface area contributed by atoms with Crippen LogP contribution in [0.1, 0.15) is 5.56 Å². The van der Waals surface area contributed by atoms with Crippen molar-refractivity contribution >= 4 is 5.69 Å². The smallest absolute Gasteiger partial charge is 0.345 e. The van der Waals surface area contributed by atoms with Crippen LogP contribution in [0.15, 0.2) is 29.3 Å². The van der Waals surface area contributed by atoms with Gasteiger partial charge in [-0.15, -0.1) is 0 Å². The van der Waals surface area contributed by atoms with Crippen molar-refractivity contribution in [2.45, 2.75) is 6.54 Å². The fourth-order valence-electron chi connectivity index (χ4n) is 1.60. The first-order valence-electron chi connectivity index (χ1n) is 5.12. The highest BCUT2D eigenvalue weighted by Crippen LogP contribution is 2.18. The van der Waals surface area contributed by atoms with Gasteiger partial charge in [0.1, 0.15) is 12.1 Å². The Morgan fingerprint density at radius 2 is 2.18 bits per heavy atom. The van der Waals surface area contributed by atoms with Gasteiger partial charge in [-0.2, -0.15) is 5.10 Å². The van der Waals surface area contributed by atoms with Gasteiger partial charge in [-0.3, -0.25) is 4.57 Å². The van der Waals surface area contributed by atoms with E-state index in [0.717, 1.165) is 5.56 Å². The van der Waals surface area contributed by atoms with Gasteiger partial charge < -0.3 is 10.5 Å². The van der Waals surface area contributed by atoms with Crippen molar-refractivity contribution in [3.8, 4) is 5.75 Å². The molecule has 2 N–H and O–H groups in total. The zero-order valence-corrected chi connectivity index (χ0v) is 9.75. The summed E-state index contributed by atoms with van der Waals surface area (Å²) in [4.78, 5) is 11.6. The van der Waals surface area contributed by atoms with E-state index in [4.69, 9.17) is 10.5 Å². The Bertz CT molecular complexity index is 585. The molecular weight excluding hydrogens is 220 g/mol. The Balaban J connectivity index is 2.33. The van der Waals surface area contributed by atoms with Crippen LogP contribution >= 0.6 is 0 Å². The lowest BCUT2D eigenvalue weighted by molar-refractivity contribution is 0.414. The number of methoxy groups -OCH3 is 1. The van der Waals surface area contributed by atoms with Crippen molar-refractivity contribution in [1.82, 2.24) is 14.3 Å². The molecule has 0 radical (unpaired) electrons. The molecule has 0 fully saturated rings. The average Bonchev–Trinajstić information content (AvgIpc) is 2.60. The first-order valence-corrected chi connectivity index (χ1v) is 5.12. The molecule has 6 nitrogen and oxygen atoms in total. The van der Waals surface area contributed by atoms with E-state index in [2.05, 4.69) is 5.10 Å². The molecule has 0 spiro atoms. The third kappa shape index (κ3) is 2.30. The van der Waals surface area contributed by atoms with Crippen LogP contribution in [-0.4, -0.2) is 21.5 Å². The zero-order chi connectivity index (χ0) is 12.4. The molecule has 0 saturated carbocycles. The molecule has 6 heteroatoms. The summed E-state index contributed by atoms with van der Waals surface area (Å²) in [5.41, 5.74) is 7.06. The van der Waals surface area contributed by atoms with E-state index >= 15 is 0 Å². The normalized spacial score (nSPS) is 10.5. The summed E-state index contributed by atoms with van der Waals surface area (Å²) in [5.74, 6) is 0.670. The number of anilines is 1. The van der Waals surface area contributed by atoms with E-state index in [0.29, 0.717) is 18.0 Å². The van der Waals surface area contributed by atoms with Crippen molar-refractivity contribution in [2.24, 2.45) is 7.05 Å². The van der Waals surface area contributed by atoms with Gasteiger partial charge >= 0.3 is 5.69 Å². The maximum Gasteiger partial charge on any atom is 0.345 e. The van der Waals surface area contributed by atoms with Crippen LogP contribution in [0.25, 0.3) is 0 Å². The SMILES string of the molecule is COc1cc(N)cc(Cn2ncn(C)c2=O)c1. The molecule has 0 aliphatic rings. The van der Waals surface area contributed by atoms with Gasteiger partial charge in [0, 0.05) is 18.8 Å². The van der Waals surface area contributed by atoms with E-state index in [1.54, 1.807) is 26.3 Å². The average molecular weight is 234 g/mol. The zero-order valence-electron chi connectivity index (χ0n) is 9.75. The molecule has 1 aromatic carbocycles. The third-order valence-electron chi connectivity index (χ3n) is 2.44. The summed E-state index contributed by atoms with van der Waals surface area (Å²) >= 11 is 0. The van der Waals surface area contributed by atoms with Gasteiger partial charge in [-0.25, -0.2) is 9.48 Å². The highest BCUT2D eigenvalue weighted by atomic mass is 16.5. The number of benzene rings is 1. The summed E-state index contributed by atoms with van der Waals surface area (Å²) in [5, 5.41) is 3.98. The largest absolute Gasteiger partial charge is 0.497 e. The van der Waals surface area contributed by atoms with Crippen LogP contribution in [0.4, 0.5) is 5.69 Å².